The summed E-state index contributed by atoms with van der Waals surface area (Å²) in [4.78, 5) is 11.1. The second-order valence-corrected chi connectivity index (χ2v) is 6.94. The predicted molar refractivity (Wildman–Crippen MR) is 84.8 cm³/mol. The highest BCUT2D eigenvalue weighted by Gasteiger charge is 2.28. The minimum Gasteiger partial charge on any atom is -0.480 e. The van der Waals surface area contributed by atoms with Crippen LogP contribution in [0, 0.1) is 6.92 Å². The highest BCUT2D eigenvalue weighted by molar-refractivity contribution is 7.92. The molecule has 0 spiro atoms. The van der Waals surface area contributed by atoms with Crippen molar-refractivity contribution in [2.24, 2.45) is 0 Å². The Labute approximate surface area is 133 Å². The fraction of sp³-hybridized carbons (Fsp3) is 0.133. The highest BCUT2D eigenvalue weighted by atomic mass is 35.5. The zero-order valence-corrected chi connectivity index (χ0v) is 13.3. The first-order valence-electron chi connectivity index (χ1n) is 6.38. The van der Waals surface area contributed by atoms with Crippen LogP contribution in [-0.4, -0.2) is 26.0 Å². The van der Waals surface area contributed by atoms with Gasteiger partial charge >= 0.3 is 5.97 Å². The largest absolute Gasteiger partial charge is 0.480 e. The summed E-state index contributed by atoms with van der Waals surface area (Å²) in [6.45, 7) is 1.12. The molecule has 0 heterocycles. The number of carboxylic acid groups (broad SMARTS) is 1. The van der Waals surface area contributed by atoms with E-state index in [-0.39, 0.29) is 15.6 Å². The molecule has 0 bridgehead atoms. The Hall–Kier alpha value is -2.05. The number of aryl methyl sites for hydroxylation is 1. The van der Waals surface area contributed by atoms with Gasteiger partial charge in [0.25, 0.3) is 10.0 Å². The first kappa shape index (κ1) is 16.3. The van der Waals surface area contributed by atoms with Crippen molar-refractivity contribution in [2.45, 2.75) is 11.8 Å². The number of aliphatic carboxylic acids is 1. The normalized spacial score (nSPS) is 11.2. The second kappa shape index (κ2) is 6.37. The van der Waals surface area contributed by atoms with Gasteiger partial charge in [-0.15, -0.1) is 0 Å². The number of carboxylic acids is 1. The third kappa shape index (κ3) is 3.40. The van der Waals surface area contributed by atoms with Gasteiger partial charge in [0.05, 0.1) is 15.6 Å². The maximum atomic E-state index is 12.7. The lowest BCUT2D eigenvalue weighted by atomic mass is 10.2. The van der Waals surface area contributed by atoms with Gasteiger partial charge in [-0.25, -0.2) is 8.42 Å². The second-order valence-electron chi connectivity index (χ2n) is 4.67. The van der Waals surface area contributed by atoms with E-state index in [9.17, 15) is 13.2 Å². The molecule has 2 aromatic rings. The molecule has 0 aliphatic heterocycles. The Kier molecular flexibility index (Phi) is 4.73. The van der Waals surface area contributed by atoms with E-state index in [1.54, 1.807) is 24.3 Å². The van der Waals surface area contributed by atoms with Crippen LogP contribution in [0.3, 0.4) is 0 Å². The van der Waals surface area contributed by atoms with Crippen LogP contribution in [0.1, 0.15) is 5.56 Å². The molecule has 2 aromatic carbocycles. The Morgan fingerprint density at radius 1 is 1.14 bits per heavy atom. The molecule has 0 saturated heterocycles. The summed E-state index contributed by atoms with van der Waals surface area (Å²) >= 11 is 6.02. The first-order valence-corrected chi connectivity index (χ1v) is 8.20. The molecule has 22 heavy (non-hydrogen) atoms. The summed E-state index contributed by atoms with van der Waals surface area (Å²) in [5.74, 6) is -1.27. The average Bonchev–Trinajstić information content (AvgIpc) is 2.46. The molecule has 0 fully saturated rings. The lowest BCUT2D eigenvalue weighted by Gasteiger charge is -2.23. The summed E-state index contributed by atoms with van der Waals surface area (Å²) in [7, 11) is -4.02. The number of benzene rings is 2. The van der Waals surface area contributed by atoms with Crippen molar-refractivity contribution in [3.8, 4) is 0 Å². The van der Waals surface area contributed by atoms with E-state index in [0.717, 1.165) is 9.87 Å². The van der Waals surface area contributed by atoms with Crippen molar-refractivity contribution >= 4 is 33.3 Å². The molecule has 2 rings (SSSR count). The van der Waals surface area contributed by atoms with Crippen LogP contribution in [0.4, 0.5) is 5.69 Å². The van der Waals surface area contributed by atoms with Crippen molar-refractivity contribution in [1.82, 2.24) is 0 Å². The Morgan fingerprint density at radius 2 is 1.73 bits per heavy atom. The van der Waals surface area contributed by atoms with Crippen molar-refractivity contribution in [3.05, 3.63) is 59.1 Å². The summed E-state index contributed by atoms with van der Waals surface area (Å²) in [5, 5.41) is 9.21. The number of hydrogen-bond acceptors (Lipinski definition) is 3. The molecule has 0 saturated carbocycles. The van der Waals surface area contributed by atoms with E-state index in [1.807, 2.05) is 6.92 Å². The van der Waals surface area contributed by atoms with Gasteiger partial charge in [0.2, 0.25) is 0 Å². The predicted octanol–water partition coefficient (Wildman–Crippen LogP) is 2.93. The monoisotopic (exact) mass is 339 g/mol. The molecule has 0 atom stereocenters. The fourth-order valence-electron chi connectivity index (χ4n) is 1.91. The number of nitrogens with zero attached hydrogens (tertiary/aromatic N) is 1. The zero-order chi connectivity index (χ0) is 16.3. The molecule has 5 nitrogen and oxygen atoms in total. The van der Waals surface area contributed by atoms with Crippen LogP contribution in [0.2, 0.25) is 5.02 Å². The molecule has 0 amide bonds. The van der Waals surface area contributed by atoms with Crippen molar-refractivity contribution in [1.29, 1.82) is 0 Å². The Bertz CT molecular complexity index is 787. The quantitative estimate of drug-likeness (QED) is 0.908. The van der Waals surface area contributed by atoms with E-state index in [2.05, 4.69) is 0 Å². The number of halogens is 1. The van der Waals surface area contributed by atoms with Gasteiger partial charge in [-0.3, -0.25) is 9.10 Å². The van der Waals surface area contributed by atoms with E-state index < -0.39 is 22.5 Å². The first-order chi connectivity index (χ1) is 10.3. The van der Waals surface area contributed by atoms with Gasteiger partial charge in [-0.2, -0.15) is 0 Å². The van der Waals surface area contributed by atoms with E-state index in [1.165, 1.54) is 24.3 Å². The molecule has 0 aromatic heterocycles. The molecular formula is C15H14ClNO4S. The molecule has 0 radical (unpaired) electrons. The molecule has 0 unspecified atom stereocenters. The minimum absolute atomic E-state index is 0.0132. The molecule has 1 N–H and O–H groups in total. The molecular weight excluding hydrogens is 326 g/mol. The van der Waals surface area contributed by atoms with E-state index in [4.69, 9.17) is 16.7 Å². The van der Waals surface area contributed by atoms with Crippen molar-refractivity contribution in [3.63, 3.8) is 0 Å². The van der Waals surface area contributed by atoms with Crippen LogP contribution in [0.5, 0.6) is 0 Å². The summed E-state index contributed by atoms with van der Waals surface area (Å²) in [6.07, 6.45) is 0. The number of para-hydroxylation sites is 1. The van der Waals surface area contributed by atoms with Gasteiger partial charge in [-0.05, 0) is 31.2 Å². The smallest absolute Gasteiger partial charge is 0.324 e. The summed E-state index contributed by atoms with van der Waals surface area (Å²) < 4.78 is 26.3. The Balaban J connectivity index is 2.56. The van der Waals surface area contributed by atoms with E-state index >= 15 is 0 Å². The van der Waals surface area contributed by atoms with Gasteiger partial charge in [0.1, 0.15) is 6.54 Å². The number of anilines is 1. The summed E-state index contributed by atoms with van der Waals surface area (Å²) in [6, 6.07) is 12.4. The lowest BCUT2D eigenvalue weighted by Crippen LogP contribution is -2.36. The number of hydrogen-bond donors (Lipinski definition) is 1. The molecule has 0 aliphatic rings. The van der Waals surface area contributed by atoms with Crippen LogP contribution in [0.25, 0.3) is 0 Å². The SMILES string of the molecule is Cc1ccc(S(=O)(=O)N(CC(=O)O)c2ccccc2Cl)cc1. The lowest BCUT2D eigenvalue weighted by molar-refractivity contribution is -0.135. The third-order valence-electron chi connectivity index (χ3n) is 3.01. The summed E-state index contributed by atoms with van der Waals surface area (Å²) in [5.41, 5.74) is 1.04. The van der Waals surface area contributed by atoms with Crippen LogP contribution in [-0.2, 0) is 14.8 Å². The molecule has 0 aliphatic carbocycles. The number of sulfonamides is 1. The molecule has 7 heteroatoms. The van der Waals surface area contributed by atoms with Crippen LogP contribution in [0.15, 0.2) is 53.4 Å². The Morgan fingerprint density at radius 3 is 2.27 bits per heavy atom. The van der Waals surface area contributed by atoms with Crippen LogP contribution >= 0.6 is 11.6 Å². The third-order valence-corrected chi connectivity index (χ3v) is 5.10. The topological polar surface area (TPSA) is 74.7 Å². The van der Waals surface area contributed by atoms with Gasteiger partial charge in [-0.1, -0.05) is 41.4 Å². The maximum Gasteiger partial charge on any atom is 0.324 e. The fourth-order valence-corrected chi connectivity index (χ4v) is 3.63. The maximum absolute atomic E-state index is 12.7. The zero-order valence-electron chi connectivity index (χ0n) is 11.7. The standard InChI is InChI=1S/C15H14ClNO4S/c1-11-6-8-12(9-7-11)22(20,21)17(10-15(18)19)14-5-3-2-4-13(14)16/h2-9H,10H2,1H3,(H,18,19). The van der Waals surface area contributed by atoms with Crippen molar-refractivity contribution in [2.75, 3.05) is 10.8 Å². The highest BCUT2D eigenvalue weighted by Crippen LogP contribution is 2.30. The number of carbonyl (C=O) groups is 1. The van der Waals surface area contributed by atoms with E-state index in [0.29, 0.717) is 0 Å². The van der Waals surface area contributed by atoms with Gasteiger partial charge in [0, 0.05) is 0 Å². The van der Waals surface area contributed by atoms with Crippen molar-refractivity contribution < 1.29 is 18.3 Å². The molecule has 116 valence electrons. The number of rotatable bonds is 5. The average molecular weight is 340 g/mol. The van der Waals surface area contributed by atoms with Gasteiger partial charge < -0.3 is 5.11 Å². The van der Waals surface area contributed by atoms with Gasteiger partial charge in [0.15, 0.2) is 0 Å². The van der Waals surface area contributed by atoms with Crippen LogP contribution < -0.4 is 4.31 Å². The minimum atomic E-state index is -4.02.